The summed E-state index contributed by atoms with van der Waals surface area (Å²) in [5.74, 6) is -0.105. The summed E-state index contributed by atoms with van der Waals surface area (Å²) in [6, 6.07) is 9.92. The van der Waals surface area contributed by atoms with Crippen LogP contribution in [0.1, 0.15) is 6.92 Å². The number of carbonyl (C=O) groups excluding carboxylic acids is 1. The zero-order chi connectivity index (χ0) is 15.8. The van der Waals surface area contributed by atoms with Gasteiger partial charge in [0.05, 0.1) is 5.69 Å². The van der Waals surface area contributed by atoms with Gasteiger partial charge in [0.15, 0.2) is 5.13 Å². The lowest BCUT2D eigenvalue weighted by atomic mass is 10.2. The van der Waals surface area contributed by atoms with Gasteiger partial charge >= 0.3 is 0 Å². The molecule has 4 heteroatoms. The number of thiazole rings is 1. The number of allylic oxidation sites excluding steroid dienone is 3. The summed E-state index contributed by atoms with van der Waals surface area (Å²) >= 11 is 1.45. The van der Waals surface area contributed by atoms with Crippen molar-refractivity contribution >= 4 is 22.4 Å². The van der Waals surface area contributed by atoms with Crippen molar-refractivity contribution in [3.63, 3.8) is 0 Å². The molecule has 0 saturated heterocycles. The summed E-state index contributed by atoms with van der Waals surface area (Å²) < 4.78 is 0. The molecule has 0 aliphatic rings. The average Bonchev–Trinajstić information content (AvgIpc) is 3.03. The molecule has 0 aliphatic carbocycles. The van der Waals surface area contributed by atoms with E-state index in [1.54, 1.807) is 17.1 Å². The second-order valence-electron chi connectivity index (χ2n) is 4.50. The van der Waals surface area contributed by atoms with Crippen molar-refractivity contribution in [3.8, 4) is 11.3 Å². The van der Waals surface area contributed by atoms with Crippen LogP contribution in [0.2, 0.25) is 0 Å². The van der Waals surface area contributed by atoms with Gasteiger partial charge in [-0.25, -0.2) is 4.98 Å². The van der Waals surface area contributed by atoms with Crippen molar-refractivity contribution in [2.45, 2.75) is 6.92 Å². The van der Waals surface area contributed by atoms with Gasteiger partial charge in [-0.3, -0.25) is 9.69 Å². The Hall–Kier alpha value is -2.46. The van der Waals surface area contributed by atoms with Crippen LogP contribution < -0.4 is 4.90 Å². The maximum atomic E-state index is 12.3. The lowest BCUT2D eigenvalue weighted by Crippen LogP contribution is -2.29. The Kier molecular flexibility index (Phi) is 5.86. The van der Waals surface area contributed by atoms with Gasteiger partial charge in [0.2, 0.25) is 0 Å². The highest BCUT2D eigenvalue weighted by Crippen LogP contribution is 2.27. The van der Waals surface area contributed by atoms with Gasteiger partial charge in [0.25, 0.3) is 5.91 Å². The molecule has 0 radical (unpaired) electrons. The number of hydrogen-bond acceptors (Lipinski definition) is 3. The van der Waals surface area contributed by atoms with Crippen LogP contribution in [0.15, 0.2) is 72.7 Å². The molecule has 2 rings (SSSR count). The van der Waals surface area contributed by atoms with Crippen molar-refractivity contribution in [3.05, 3.63) is 72.7 Å². The van der Waals surface area contributed by atoms with Gasteiger partial charge in [-0.15, -0.1) is 17.9 Å². The molecule has 0 fully saturated rings. The molecule has 0 saturated carbocycles. The first-order chi connectivity index (χ1) is 10.8. The molecule has 0 unspecified atom stereocenters. The van der Waals surface area contributed by atoms with Gasteiger partial charge in [-0.2, -0.15) is 0 Å². The van der Waals surface area contributed by atoms with E-state index >= 15 is 0 Å². The highest BCUT2D eigenvalue weighted by Gasteiger charge is 2.16. The van der Waals surface area contributed by atoms with Gasteiger partial charge in [-0.05, 0) is 6.92 Å². The van der Waals surface area contributed by atoms with Crippen LogP contribution in [0.5, 0.6) is 0 Å². The number of nitrogens with zero attached hydrogens (tertiary/aromatic N) is 2. The van der Waals surface area contributed by atoms with E-state index in [9.17, 15) is 4.79 Å². The predicted octanol–water partition coefficient (Wildman–Crippen LogP) is 4.46. The fourth-order valence-electron chi connectivity index (χ4n) is 1.86. The van der Waals surface area contributed by atoms with Crippen molar-refractivity contribution in [1.29, 1.82) is 0 Å². The highest BCUT2D eigenvalue weighted by molar-refractivity contribution is 7.14. The average molecular weight is 310 g/mol. The van der Waals surface area contributed by atoms with Crippen LogP contribution in [0, 0.1) is 0 Å². The molecule has 112 valence electrons. The van der Waals surface area contributed by atoms with Gasteiger partial charge < -0.3 is 0 Å². The van der Waals surface area contributed by atoms with Crippen LogP contribution in [-0.2, 0) is 4.79 Å². The van der Waals surface area contributed by atoms with Gasteiger partial charge in [-0.1, -0.05) is 54.6 Å². The molecule has 0 bridgehead atoms. The fourth-order valence-corrected chi connectivity index (χ4v) is 2.71. The lowest BCUT2D eigenvalue weighted by molar-refractivity contribution is -0.114. The van der Waals surface area contributed by atoms with Crippen molar-refractivity contribution < 1.29 is 4.79 Å². The third-order valence-electron chi connectivity index (χ3n) is 2.91. The lowest BCUT2D eigenvalue weighted by Gasteiger charge is -2.15. The Morgan fingerprint density at radius 3 is 2.77 bits per heavy atom. The molecule has 0 N–H and O–H groups in total. The van der Waals surface area contributed by atoms with Crippen LogP contribution in [-0.4, -0.2) is 17.4 Å². The van der Waals surface area contributed by atoms with E-state index in [2.05, 4.69) is 11.6 Å². The Labute approximate surface area is 134 Å². The molecule has 1 heterocycles. The van der Waals surface area contributed by atoms with E-state index in [0.717, 1.165) is 11.3 Å². The van der Waals surface area contributed by atoms with E-state index < -0.39 is 0 Å². The van der Waals surface area contributed by atoms with Gasteiger partial charge in [0, 0.05) is 23.6 Å². The predicted molar refractivity (Wildman–Crippen MR) is 94.1 cm³/mol. The summed E-state index contributed by atoms with van der Waals surface area (Å²) in [5, 5.41) is 2.64. The molecule has 0 atom stereocenters. The van der Waals surface area contributed by atoms with Crippen LogP contribution in [0.25, 0.3) is 11.3 Å². The summed E-state index contributed by atoms with van der Waals surface area (Å²) in [7, 11) is 0. The molecule has 0 spiro atoms. The molecule has 0 aliphatic heterocycles. The highest BCUT2D eigenvalue weighted by atomic mass is 32.1. The molecule has 1 amide bonds. The third-order valence-corrected chi connectivity index (χ3v) is 3.78. The molecular formula is C18H18N2OS. The number of carbonyl (C=O) groups is 1. The van der Waals surface area contributed by atoms with Crippen LogP contribution in [0.3, 0.4) is 0 Å². The quantitative estimate of drug-likeness (QED) is 0.448. The second kappa shape index (κ2) is 8.10. The zero-order valence-corrected chi connectivity index (χ0v) is 13.3. The number of amides is 1. The first-order valence-electron chi connectivity index (χ1n) is 6.99. The smallest absolute Gasteiger partial charge is 0.253 e. The molecule has 22 heavy (non-hydrogen) atoms. The largest absolute Gasteiger partial charge is 0.281 e. The summed E-state index contributed by atoms with van der Waals surface area (Å²) in [4.78, 5) is 18.5. The Bertz CT molecular complexity index is 686. The normalized spacial score (nSPS) is 11.1. The molecular weight excluding hydrogens is 292 g/mol. The minimum absolute atomic E-state index is 0.105. The number of hydrogen-bond donors (Lipinski definition) is 0. The Morgan fingerprint density at radius 2 is 2.09 bits per heavy atom. The molecule has 1 aromatic heterocycles. The number of aromatic nitrogens is 1. The molecule has 3 nitrogen and oxygen atoms in total. The van der Waals surface area contributed by atoms with Gasteiger partial charge in [0.1, 0.15) is 0 Å². The van der Waals surface area contributed by atoms with Crippen molar-refractivity contribution in [2.24, 2.45) is 0 Å². The van der Waals surface area contributed by atoms with E-state index in [1.807, 2.05) is 54.8 Å². The second-order valence-corrected chi connectivity index (χ2v) is 5.34. The summed E-state index contributed by atoms with van der Waals surface area (Å²) in [6.45, 7) is 6.05. The van der Waals surface area contributed by atoms with Crippen LogP contribution in [0.4, 0.5) is 5.13 Å². The Morgan fingerprint density at radius 1 is 1.32 bits per heavy atom. The van der Waals surface area contributed by atoms with Crippen molar-refractivity contribution in [2.75, 3.05) is 11.4 Å². The zero-order valence-electron chi connectivity index (χ0n) is 12.5. The monoisotopic (exact) mass is 310 g/mol. The maximum Gasteiger partial charge on any atom is 0.253 e. The van der Waals surface area contributed by atoms with Crippen molar-refractivity contribution in [1.82, 2.24) is 4.98 Å². The minimum Gasteiger partial charge on any atom is -0.281 e. The maximum absolute atomic E-state index is 12.3. The number of benzene rings is 1. The fraction of sp³-hybridized carbons (Fsp3) is 0.111. The summed E-state index contributed by atoms with van der Waals surface area (Å²) in [5.41, 5.74) is 1.92. The summed E-state index contributed by atoms with van der Waals surface area (Å²) in [6.07, 6.45) is 8.65. The standard InChI is InChI=1S/C18H18N2OS/c1-3-5-7-12-17(21)20(13-4-2)18-19-16(14-22-18)15-10-8-6-9-11-15/h3-12,14H,2,13H2,1H3/b5-3+,12-7+. The number of rotatable bonds is 6. The van der Waals surface area contributed by atoms with E-state index in [1.165, 1.54) is 17.4 Å². The first kappa shape index (κ1) is 15.9. The topological polar surface area (TPSA) is 33.2 Å². The Balaban J connectivity index is 2.24. The van der Waals surface area contributed by atoms with E-state index in [4.69, 9.17) is 0 Å². The SMILES string of the molecule is C=CCN(C(=O)/C=C/C=C/C)c1nc(-c2ccccc2)cs1. The first-order valence-corrected chi connectivity index (χ1v) is 7.87. The van der Waals surface area contributed by atoms with Crippen LogP contribution >= 0.6 is 11.3 Å². The molecule has 1 aromatic carbocycles. The number of anilines is 1. The molecule has 2 aromatic rings. The minimum atomic E-state index is -0.105. The van der Waals surface area contributed by atoms with E-state index in [-0.39, 0.29) is 5.91 Å². The van der Waals surface area contributed by atoms with E-state index in [0.29, 0.717) is 11.7 Å². The third kappa shape index (κ3) is 4.02.